The van der Waals surface area contributed by atoms with Crippen LogP contribution in [0.15, 0.2) is 5.11 Å². The Bertz CT molecular complexity index is 525. The van der Waals surface area contributed by atoms with Gasteiger partial charge in [0.15, 0.2) is 5.79 Å². The zero-order chi connectivity index (χ0) is 15.9. The van der Waals surface area contributed by atoms with Crippen LogP contribution in [0.4, 0.5) is 0 Å². The standard InChI is InChI=1S/C15H21N3O5/c16-18-17-12(9-4-5-11(19)21-9)14-13(10-8-20-10)22-15(23-14)6-2-1-3-7-15/h9-10,12-14H,1-8H2/t9-,10+,12+,13+,14+/m1/s1. The third-order valence-corrected chi connectivity index (χ3v) is 5.18. The lowest BCUT2D eigenvalue weighted by Crippen LogP contribution is -2.44. The van der Waals surface area contributed by atoms with Gasteiger partial charge in [-0.05, 0) is 24.8 Å². The number of rotatable bonds is 4. The summed E-state index contributed by atoms with van der Waals surface area (Å²) < 4.78 is 23.3. The fraction of sp³-hybridized carbons (Fsp3) is 0.933. The van der Waals surface area contributed by atoms with Crippen molar-refractivity contribution in [1.29, 1.82) is 0 Å². The molecule has 1 spiro atoms. The Balaban J connectivity index is 1.58. The van der Waals surface area contributed by atoms with Crippen LogP contribution in [-0.2, 0) is 23.7 Å². The number of carbonyl (C=O) groups is 1. The summed E-state index contributed by atoms with van der Waals surface area (Å²) in [5.74, 6) is -0.843. The van der Waals surface area contributed by atoms with E-state index < -0.39 is 24.0 Å². The molecule has 8 heteroatoms. The number of hydrogen-bond acceptors (Lipinski definition) is 6. The summed E-state index contributed by atoms with van der Waals surface area (Å²) in [4.78, 5) is 14.4. The number of ether oxygens (including phenoxy) is 4. The Morgan fingerprint density at radius 1 is 1.26 bits per heavy atom. The Labute approximate surface area is 134 Å². The quantitative estimate of drug-likeness (QED) is 0.259. The first kappa shape index (κ1) is 15.2. The average molecular weight is 323 g/mol. The molecule has 1 saturated carbocycles. The van der Waals surface area contributed by atoms with E-state index >= 15 is 0 Å². The highest BCUT2D eigenvalue weighted by atomic mass is 16.8. The van der Waals surface area contributed by atoms with Crippen LogP contribution in [0.1, 0.15) is 44.9 Å². The van der Waals surface area contributed by atoms with E-state index in [4.69, 9.17) is 24.5 Å². The summed E-state index contributed by atoms with van der Waals surface area (Å²) >= 11 is 0. The number of nitrogens with zero attached hydrogens (tertiary/aromatic N) is 3. The van der Waals surface area contributed by atoms with E-state index in [9.17, 15) is 4.79 Å². The van der Waals surface area contributed by atoms with Crippen molar-refractivity contribution in [3.8, 4) is 0 Å². The van der Waals surface area contributed by atoms with Gasteiger partial charge in [-0.15, -0.1) is 0 Å². The van der Waals surface area contributed by atoms with Crippen LogP contribution in [0.3, 0.4) is 0 Å². The fourth-order valence-corrected chi connectivity index (χ4v) is 3.98. The highest BCUT2D eigenvalue weighted by Crippen LogP contribution is 2.45. The minimum Gasteiger partial charge on any atom is -0.462 e. The van der Waals surface area contributed by atoms with Gasteiger partial charge in [0.25, 0.3) is 0 Å². The molecule has 0 aromatic rings. The van der Waals surface area contributed by atoms with Gasteiger partial charge in [-0.3, -0.25) is 4.79 Å². The van der Waals surface area contributed by atoms with E-state index in [-0.39, 0.29) is 18.2 Å². The normalized spacial score (nSPS) is 39.7. The first-order valence-electron chi connectivity index (χ1n) is 8.42. The highest BCUT2D eigenvalue weighted by molar-refractivity contribution is 5.71. The maximum Gasteiger partial charge on any atom is 0.306 e. The van der Waals surface area contributed by atoms with Gasteiger partial charge in [0.1, 0.15) is 30.5 Å². The molecule has 0 N–H and O–H groups in total. The van der Waals surface area contributed by atoms with E-state index in [1.807, 2.05) is 0 Å². The Morgan fingerprint density at radius 2 is 2.04 bits per heavy atom. The van der Waals surface area contributed by atoms with Crippen molar-refractivity contribution < 1.29 is 23.7 Å². The molecule has 0 aromatic carbocycles. The molecule has 4 fully saturated rings. The molecule has 0 bridgehead atoms. The largest absolute Gasteiger partial charge is 0.462 e. The lowest BCUT2D eigenvalue weighted by atomic mass is 9.94. The smallest absolute Gasteiger partial charge is 0.306 e. The van der Waals surface area contributed by atoms with Gasteiger partial charge < -0.3 is 18.9 Å². The number of hydrogen-bond donors (Lipinski definition) is 0. The van der Waals surface area contributed by atoms with Crippen LogP contribution < -0.4 is 0 Å². The number of cyclic esters (lactones) is 1. The molecule has 0 aromatic heterocycles. The SMILES string of the molecule is [N-]=[N+]=N[C@H]([C@@H]1OC2(CCCCC2)O[C@H]1[C@@H]1CO1)[C@H]1CCC(=O)O1. The molecule has 3 heterocycles. The Hall–Kier alpha value is -1.34. The number of esters is 1. The van der Waals surface area contributed by atoms with Gasteiger partial charge in [-0.1, -0.05) is 11.5 Å². The third kappa shape index (κ3) is 2.92. The summed E-state index contributed by atoms with van der Waals surface area (Å²) in [5, 5.41) is 3.90. The highest BCUT2D eigenvalue weighted by Gasteiger charge is 2.57. The van der Waals surface area contributed by atoms with Gasteiger partial charge in [0.2, 0.25) is 0 Å². The van der Waals surface area contributed by atoms with Gasteiger partial charge in [-0.25, -0.2) is 0 Å². The van der Waals surface area contributed by atoms with E-state index in [1.54, 1.807) is 0 Å². The second-order valence-electron chi connectivity index (χ2n) is 6.77. The zero-order valence-corrected chi connectivity index (χ0v) is 12.9. The number of azide groups is 1. The summed E-state index contributed by atoms with van der Waals surface area (Å²) in [7, 11) is 0. The molecular formula is C15H21N3O5. The molecule has 1 aliphatic carbocycles. The minimum absolute atomic E-state index is 0.0187. The molecule has 5 atom stereocenters. The first-order chi connectivity index (χ1) is 11.2. The topological polar surface area (TPSA) is 106 Å². The second-order valence-corrected chi connectivity index (χ2v) is 6.77. The predicted octanol–water partition coefficient (Wildman–Crippen LogP) is 2.21. The van der Waals surface area contributed by atoms with E-state index in [0.717, 1.165) is 25.7 Å². The third-order valence-electron chi connectivity index (χ3n) is 5.18. The Kier molecular flexibility index (Phi) is 3.93. The van der Waals surface area contributed by atoms with Crippen molar-refractivity contribution in [3.63, 3.8) is 0 Å². The summed E-state index contributed by atoms with van der Waals surface area (Å²) in [5.41, 5.74) is 8.96. The second kappa shape index (κ2) is 5.94. The van der Waals surface area contributed by atoms with Crippen molar-refractivity contribution in [2.24, 2.45) is 5.11 Å². The van der Waals surface area contributed by atoms with E-state index in [1.165, 1.54) is 6.42 Å². The molecule has 3 aliphatic heterocycles. The van der Waals surface area contributed by atoms with Crippen molar-refractivity contribution in [2.45, 2.75) is 81.2 Å². The van der Waals surface area contributed by atoms with Gasteiger partial charge in [0.05, 0.1) is 6.61 Å². The van der Waals surface area contributed by atoms with Gasteiger partial charge in [0, 0.05) is 24.2 Å². The van der Waals surface area contributed by atoms with Gasteiger partial charge >= 0.3 is 5.97 Å². The molecule has 4 rings (SSSR count). The van der Waals surface area contributed by atoms with Crippen LogP contribution >= 0.6 is 0 Å². The van der Waals surface area contributed by atoms with Crippen LogP contribution in [0.5, 0.6) is 0 Å². The minimum atomic E-state index is -0.592. The van der Waals surface area contributed by atoms with Crippen LogP contribution in [0.2, 0.25) is 0 Å². The molecule has 23 heavy (non-hydrogen) atoms. The van der Waals surface area contributed by atoms with Crippen molar-refractivity contribution in [3.05, 3.63) is 10.4 Å². The lowest BCUT2D eigenvalue weighted by molar-refractivity contribution is -0.197. The van der Waals surface area contributed by atoms with Crippen molar-refractivity contribution >= 4 is 5.97 Å². The molecule has 3 saturated heterocycles. The summed E-state index contributed by atoms with van der Waals surface area (Å²) in [6.45, 7) is 0.633. The van der Waals surface area contributed by atoms with Crippen molar-refractivity contribution in [1.82, 2.24) is 0 Å². The van der Waals surface area contributed by atoms with E-state index in [2.05, 4.69) is 10.0 Å². The monoisotopic (exact) mass is 323 g/mol. The van der Waals surface area contributed by atoms with Crippen LogP contribution in [0.25, 0.3) is 10.4 Å². The summed E-state index contributed by atoms with van der Waals surface area (Å²) in [6.07, 6.45) is 4.77. The fourth-order valence-electron chi connectivity index (χ4n) is 3.98. The maximum atomic E-state index is 11.4. The molecule has 0 amide bonds. The molecule has 0 unspecified atom stereocenters. The number of epoxide rings is 1. The predicted molar refractivity (Wildman–Crippen MR) is 77.4 cm³/mol. The first-order valence-corrected chi connectivity index (χ1v) is 8.42. The van der Waals surface area contributed by atoms with Crippen LogP contribution in [-0.4, -0.2) is 48.8 Å². The maximum absolute atomic E-state index is 11.4. The van der Waals surface area contributed by atoms with E-state index in [0.29, 0.717) is 19.4 Å². The average Bonchev–Trinajstić information content (AvgIpc) is 3.22. The Morgan fingerprint density at radius 3 is 2.65 bits per heavy atom. The number of carbonyl (C=O) groups excluding carboxylic acids is 1. The molecule has 4 aliphatic rings. The molecule has 0 radical (unpaired) electrons. The molecule has 8 nitrogen and oxygen atoms in total. The lowest BCUT2D eigenvalue weighted by Gasteiger charge is -2.32. The molecule has 126 valence electrons. The summed E-state index contributed by atoms with van der Waals surface area (Å²) in [6, 6.07) is -0.568. The van der Waals surface area contributed by atoms with Crippen LogP contribution in [0, 0.1) is 0 Å². The van der Waals surface area contributed by atoms with Gasteiger partial charge in [-0.2, -0.15) is 0 Å². The molecular weight excluding hydrogens is 302 g/mol. The zero-order valence-electron chi connectivity index (χ0n) is 12.9. The van der Waals surface area contributed by atoms with Crippen molar-refractivity contribution in [2.75, 3.05) is 6.61 Å².